The van der Waals surface area contributed by atoms with E-state index in [1.165, 1.54) is 12.3 Å². The molecule has 0 spiro atoms. The second-order valence-electron chi connectivity index (χ2n) is 7.26. The number of hydrogen-bond donors (Lipinski definition) is 2. The largest absolute Gasteiger partial charge is 0.465 e. The summed E-state index contributed by atoms with van der Waals surface area (Å²) < 4.78 is 5.36. The van der Waals surface area contributed by atoms with Gasteiger partial charge in [0.15, 0.2) is 0 Å². The first-order valence-electron chi connectivity index (χ1n) is 10.3. The van der Waals surface area contributed by atoms with E-state index in [1.54, 1.807) is 42.1 Å². The number of para-hydroxylation sites is 1. The molecule has 0 unspecified atom stereocenters. The van der Waals surface area contributed by atoms with Gasteiger partial charge in [-0.15, -0.1) is 0 Å². The zero-order valence-corrected chi connectivity index (χ0v) is 18.8. The topological polar surface area (TPSA) is 71.3 Å². The molecule has 0 aliphatic carbocycles. The van der Waals surface area contributed by atoms with E-state index in [2.05, 4.69) is 10.6 Å². The van der Waals surface area contributed by atoms with Crippen LogP contribution in [0.3, 0.4) is 0 Å². The van der Waals surface area contributed by atoms with Crippen LogP contribution < -0.4 is 10.6 Å². The second-order valence-corrected chi connectivity index (χ2v) is 8.38. The fourth-order valence-electron chi connectivity index (χ4n) is 3.12. The van der Waals surface area contributed by atoms with Gasteiger partial charge in [-0.2, -0.15) is 0 Å². The van der Waals surface area contributed by atoms with Crippen molar-refractivity contribution in [2.75, 3.05) is 5.32 Å². The normalized spacial score (nSPS) is 11.1. The molecule has 0 bridgehead atoms. The lowest BCUT2D eigenvalue weighted by molar-refractivity contribution is -0.113. The Morgan fingerprint density at radius 3 is 2.42 bits per heavy atom. The minimum Gasteiger partial charge on any atom is -0.465 e. The molecule has 2 N–H and O–H groups in total. The average molecular weight is 455 g/mol. The lowest BCUT2D eigenvalue weighted by Crippen LogP contribution is -2.30. The number of aryl methyl sites for hydroxylation is 1. The van der Waals surface area contributed by atoms with Crippen molar-refractivity contribution in [3.05, 3.63) is 120 Å². The van der Waals surface area contributed by atoms with Crippen molar-refractivity contribution in [3.8, 4) is 0 Å². The summed E-state index contributed by atoms with van der Waals surface area (Å²) in [6, 6.07) is 28.1. The van der Waals surface area contributed by atoms with Crippen molar-refractivity contribution in [2.24, 2.45) is 0 Å². The van der Waals surface area contributed by atoms with E-state index in [-0.39, 0.29) is 11.6 Å². The minimum atomic E-state index is -0.450. The second kappa shape index (κ2) is 10.5. The van der Waals surface area contributed by atoms with Crippen LogP contribution in [0.25, 0.3) is 6.08 Å². The van der Waals surface area contributed by atoms with E-state index in [4.69, 9.17) is 4.42 Å². The van der Waals surface area contributed by atoms with Gasteiger partial charge in [0.05, 0.1) is 12.0 Å². The van der Waals surface area contributed by atoms with Crippen molar-refractivity contribution in [3.63, 3.8) is 0 Å². The maximum Gasteiger partial charge on any atom is 0.272 e. The summed E-state index contributed by atoms with van der Waals surface area (Å²) in [4.78, 5) is 28.0. The van der Waals surface area contributed by atoms with Crippen LogP contribution in [0, 0.1) is 6.92 Å². The molecule has 5 nitrogen and oxygen atoms in total. The summed E-state index contributed by atoms with van der Waals surface area (Å²) in [6.45, 7) is 1.91. The summed E-state index contributed by atoms with van der Waals surface area (Å²) in [6.07, 6.45) is 3.02. The number of rotatable bonds is 7. The van der Waals surface area contributed by atoms with Gasteiger partial charge in [0.2, 0.25) is 0 Å². The van der Waals surface area contributed by atoms with E-state index >= 15 is 0 Å². The summed E-state index contributed by atoms with van der Waals surface area (Å²) in [5.74, 6) is -0.372. The van der Waals surface area contributed by atoms with Crippen LogP contribution in [0.4, 0.5) is 5.69 Å². The minimum absolute atomic E-state index is 0.0796. The zero-order chi connectivity index (χ0) is 23.0. The predicted octanol–water partition coefficient (Wildman–Crippen LogP) is 6.15. The van der Waals surface area contributed by atoms with Gasteiger partial charge in [-0.05, 0) is 55.5 Å². The molecule has 1 aromatic heterocycles. The monoisotopic (exact) mass is 454 g/mol. The van der Waals surface area contributed by atoms with E-state index in [0.717, 1.165) is 15.4 Å². The van der Waals surface area contributed by atoms with Crippen LogP contribution in [0.5, 0.6) is 0 Å². The smallest absolute Gasteiger partial charge is 0.272 e. The van der Waals surface area contributed by atoms with Gasteiger partial charge in [-0.1, -0.05) is 59.8 Å². The lowest BCUT2D eigenvalue weighted by Gasteiger charge is -2.14. The Morgan fingerprint density at radius 2 is 1.67 bits per heavy atom. The molecule has 0 aliphatic rings. The molecule has 0 saturated heterocycles. The first-order chi connectivity index (χ1) is 16.1. The van der Waals surface area contributed by atoms with Gasteiger partial charge in [-0.3, -0.25) is 9.59 Å². The third-order valence-corrected chi connectivity index (χ3v) is 5.79. The summed E-state index contributed by atoms with van der Waals surface area (Å²) in [5.41, 5.74) is 2.14. The molecule has 0 aliphatic heterocycles. The fourth-order valence-corrected chi connectivity index (χ4v) is 4.04. The molecule has 0 atom stereocenters. The highest BCUT2D eigenvalue weighted by Crippen LogP contribution is 2.33. The Morgan fingerprint density at radius 1 is 0.879 bits per heavy atom. The molecule has 4 rings (SSSR count). The fraction of sp³-hybridized carbons (Fsp3) is 0.0370. The van der Waals surface area contributed by atoms with Gasteiger partial charge in [0, 0.05) is 21.4 Å². The third kappa shape index (κ3) is 6.02. The molecule has 3 aromatic carbocycles. The maximum absolute atomic E-state index is 13.2. The Balaban J connectivity index is 1.58. The van der Waals surface area contributed by atoms with Gasteiger partial charge in [-0.25, -0.2) is 0 Å². The number of anilines is 1. The highest BCUT2D eigenvalue weighted by atomic mass is 32.2. The number of carbonyl (C=O) groups is 2. The van der Waals surface area contributed by atoms with Crippen LogP contribution in [-0.4, -0.2) is 11.8 Å². The molecule has 0 saturated carbocycles. The Labute approximate surface area is 196 Å². The first-order valence-corrected chi connectivity index (χ1v) is 11.2. The predicted molar refractivity (Wildman–Crippen MR) is 131 cm³/mol. The van der Waals surface area contributed by atoms with Gasteiger partial charge in [0.1, 0.15) is 11.5 Å². The van der Waals surface area contributed by atoms with Crippen LogP contribution in [0.2, 0.25) is 0 Å². The average Bonchev–Trinajstić information content (AvgIpc) is 3.34. The first kappa shape index (κ1) is 22.2. The zero-order valence-electron chi connectivity index (χ0n) is 17.9. The molecular weight excluding hydrogens is 432 g/mol. The van der Waals surface area contributed by atoms with E-state index in [0.29, 0.717) is 17.0 Å². The summed E-state index contributed by atoms with van der Waals surface area (Å²) in [5, 5.41) is 5.66. The lowest BCUT2D eigenvalue weighted by atomic mass is 10.1. The number of carbonyl (C=O) groups excluding carboxylic acids is 2. The Kier molecular flexibility index (Phi) is 7.07. The highest BCUT2D eigenvalue weighted by molar-refractivity contribution is 7.99. The van der Waals surface area contributed by atoms with Crippen LogP contribution in [0.1, 0.15) is 21.7 Å². The van der Waals surface area contributed by atoms with Gasteiger partial charge >= 0.3 is 0 Å². The summed E-state index contributed by atoms with van der Waals surface area (Å²) >= 11 is 1.55. The van der Waals surface area contributed by atoms with Crippen LogP contribution in [-0.2, 0) is 4.79 Å². The number of nitrogens with one attached hydrogen (secondary N) is 2. The quantitative estimate of drug-likeness (QED) is 0.329. The van der Waals surface area contributed by atoms with Crippen molar-refractivity contribution < 1.29 is 14.0 Å². The van der Waals surface area contributed by atoms with E-state index < -0.39 is 5.91 Å². The molecule has 33 heavy (non-hydrogen) atoms. The van der Waals surface area contributed by atoms with Crippen molar-refractivity contribution in [1.29, 1.82) is 0 Å². The molecule has 164 valence electrons. The van der Waals surface area contributed by atoms with Crippen LogP contribution in [0.15, 0.2) is 117 Å². The number of amides is 2. The van der Waals surface area contributed by atoms with Crippen molar-refractivity contribution in [2.45, 2.75) is 16.7 Å². The molecule has 4 aromatic rings. The number of benzene rings is 3. The van der Waals surface area contributed by atoms with E-state index in [9.17, 15) is 9.59 Å². The Hall–Kier alpha value is -4.03. The van der Waals surface area contributed by atoms with Crippen molar-refractivity contribution >= 4 is 35.3 Å². The molecule has 2 amide bonds. The number of hydrogen-bond acceptors (Lipinski definition) is 4. The van der Waals surface area contributed by atoms with Crippen LogP contribution >= 0.6 is 11.8 Å². The maximum atomic E-state index is 13.2. The van der Waals surface area contributed by atoms with Crippen molar-refractivity contribution in [1.82, 2.24) is 5.32 Å². The summed E-state index contributed by atoms with van der Waals surface area (Å²) in [7, 11) is 0. The molecule has 0 fully saturated rings. The van der Waals surface area contributed by atoms with Gasteiger partial charge < -0.3 is 15.1 Å². The SMILES string of the molecule is Cc1cccc(C(=O)N/C(=C\c2ccco2)C(=O)Nc2ccccc2Sc2ccccc2)c1. The highest BCUT2D eigenvalue weighted by Gasteiger charge is 2.17. The molecule has 0 radical (unpaired) electrons. The van der Waals surface area contributed by atoms with E-state index in [1.807, 2.05) is 67.6 Å². The standard InChI is InChI=1S/C27H22N2O3S/c1-19-9-7-10-20(17-19)26(30)29-24(18-21-11-8-16-32-21)27(31)28-23-14-5-6-15-25(23)33-22-12-3-2-4-13-22/h2-18H,1H3,(H,28,31)(H,29,30)/b24-18-. The van der Waals surface area contributed by atoms with Gasteiger partial charge in [0.25, 0.3) is 11.8 Å². The Bertz CT molecular complexity index is 1280. The molecular formula is C27H22N2O3S. The third-order valence-electron chi connectivity index (χ3n) is 4.71. The molecule has 6 heteroatoms. The molecule has 1 heterocycles. The number of furan rings is 1.